The van der Waals surface area contributed by atoms with Crippen molar-refractivity contribution in [3.8, 4) is 0 Å². The highest BCUT2D eigenvalue weighted by atomic mass is 32.2. The average Bonchev–Trinajstić information content (AvgIpc) is 2.71. The molecule has 2 atom stereocenters. The van der Waals surface area contributed by atoms with Gasteiger partial charge in [-0.15, -0.1) is 0 Å². The van der Waals surface area contributed by atoms with E-state index in [-0.39, 0.29) is 10.8 Å². The molecule has 0 spiro atoms. The highest BCUT2D eigenvalue weighted by molar-refractivity contribution is 7.92. The molecule has 1 aliphatic heterocycles. The molecule has 30 heavy (non-hydrogen) atoms. The van der Waals surface area contributed by atoms with E-state index in [9.17, 15) is 13.2 Å². The molecule has 0 radical (unpaired) electrons. The minimum atomic E-state index is -3.64. The number of hydrogen-bond acceptors (Lipinski definition) is 4. The standard InChI is InChI=1S/C23H31N3O3S/c1-18-15-19(2)17-26(16-18)14-6-13-24-23(27)20-9-11-21(12-10-20)25-30(28,29)22-7-4-3-5-8-22/h3-5,7-12,18-19,25H,6,13-17H2,1-2H3,(H,24,27)/t18-,19-/m1/s1. The van der Waals surface area contributed by atoms with Gasteiger partial charge < -0.3 is 10.2 Å². The molecule has 3 rings (SSSR count). The smallest absolute Gasteiger partial charge is 0.261 e. The van der Waals surface area contributed by atoms with Crippen LogP contribution in [0.3, 0.4) is 0 Å². The SMILES string of the molecule is C[C@@H]1C[C@@H](C)CN(CCCNC(=O)c2ccc(NS(=O)(=O)c3ccccc3)cc2)C1. The Labute approximate surface area is 179 Å². The van der Waals surface area contributed by atoms with Crippen molar-refractivity contribution in [1.82, 2.24) is 10.2 Å². The summed E-state index contributed by atoms with van der Waals surface area (Å²) in [6.45, 7) is 8.50. The van der Waals surface area contributed by atoms with Crippen LogP contribution in [-0.4, -0.2) is 45.4 Å². The normalized spacial score (nSPS) is 19.9. The van der Waals surface area contributed by atoms with Crippen molar-refractivity contribution < 1.29 is 13.2 Å². The van der Waals surface area contributed by atoms with E-state index < -0.39 is 10.0 Å². The second-order valence-corrected chi connectivity index (χ2v) is 9.99. The van der Waals surface area contributed by atoms with E-state index in [1.165, 1.54) is 18.6 Å². The third-order valence-corrected chi connectivity index (χ3v) is 6.73. The number of carbonyl (C=O) groups excluding carboxylic acids is 1. The Kier molecular flexibility index (Phi) is 7.50. The molecule has 0 saturated carbocycles. The maximum atomic E-state index is 12.4. The lowest BCUT2D eigenvalue weighted by atomic mass is 9.92. The van der Waals surface area contributed by atoms with Crippen molar-refractivity contribution in [1.29, 1.82) is 0 Å². The number of likely N-dealkylation sites (tertiary alicyclic amines) is 1. The summed E-state index contributed by atoms with van der Waals surface area (Å²) in [6, 6.07) is 14.7. The molecular formula is C23H31N3O3S. The molecule has 1 saturated heterocycles. The van der Waals surface area contributed by atoms with E-state index in [4.69, 9.17) is 0 Å². The molecule has 2 N–H and O–H groups in total. The lowest BCUT2D eigenvalue weighted by Gasteiger charge is -2.34. The number of amides is 1. The third kappa shape index (κ3) is 6.31. The topological polar surface area (TPSA) is 78.5 Å². The van der Waals surface area contributed by atoms with Crippen LogP contribution in [0.15, 0.2) is 59.5 Å². The highest BCUT2D eigenvalue weighted by Crippen LogP contribution is 2.21. The molecule has 7 heteroatoms. The van der Waals surface area contributed by atoms with Gasteiger partial charge in [-0.1, -0.05) is 32.0 Å². The van der Waals surface area contributed by atoms with Gasteiger partial charge in [-0.05, 0) is 67.6 Å². The number of piperidine rings is 1. The van der Waals surface area contributed by atoms with Crippen molar-refractivity contribution in [3.63, 3.8) is 0 Å². The molecular weight excluding hydrogens is 398 g/mol. The van der Waals surface area contributed by atoms with Crippen molar-refractivity contribution in [3.05, 3.63) is 60.2 Å². The van der Waals surface area contributed by atoms with Crippen molar-refractivity contribution in [2.45, 2.75) is 31.6 Å². The predicted octanol–water partition coefficient (Wildman–Crippen LogP) is 3.59. The Morgan fingerprint density at radius 2 is 1.63 bits per heavy atom. The summed E-state index contributed by atoms with van der Waals surface area (Å²) in [5, 5.41) is 2.95. The summed E-state index contributed by atoms with van der Waals surface area (Å²) in [5.74, 6) is 1.33. The number of rotatable bonds is 8. The van der Waals surface area contributed by atoms with Gasteiger partial charge in [0.05, 0.1) is 4.90 Å². The number of carbonyl (C=O) groups is 1. The molecule has 162 valence electrons. The fraction of sp³-hybridized carbons (Fsp3) is 0.435. The Bertz CT molecular complexity index is 920. The zero-order chi connectivity index (χ0) is 21.6. The van der Waals surface area contributed by atoms with Gasteiger partial charge in [-0.2, -0.15) is 0 Å². The molecule has 0 aliphatic carbocycles. The van der Waals surface area contributed by atoms with Crippen LogP contribution < -0.4 is 10.0 Å². The van der Waals surface area contributed by atoms with Gasteiger partial charge in [0.1, 0.15) is 0 Å². The molecule has 1 heterocycles. The van der Waals surface area contributed by atoms with Crippen LogP contribution >= 0.6 is 0 Å². The van der Waals surface area contributed by atoms with Gasteiger partial charge >= 0.3 is 0 Å². The first-order chi connectivity index (χ1) is 14.3. The minimum Gasteiger partial charge on any atom is -0.352 e. The van der Waals surface area contributed by atoms with E-state index in [0.29, 0.717) is 17.8 Å². The lowest BCUT2D eigenvalue weighted by Crippen LogP contribution is -2.40. The Morgan fingerprint density at radius 3 is 2.27 bits per heavy atom. The summed E-state index contributed by atoms with van der Waals surface area (Å²) in [4.78, 5) is 15.0. The summed E-state index contributed by atoms with van der Waals surface area (Å²) < 4.78 is 27.3. The third-order valence-electron chi connectivity index (χ3n) is 5.33. The molecule has 6 nitrogen and oxygen atoms in total. The van der Waals surface area contributed by atoms with Crippen molar-refractivity contribution in [2.75, 3.05) is 30.9 Å². The minimum absolute atomic E-state index is 0.146. The molecule has 2 aromatic rings. The molecule has 0 aromatic heterocycles. The van der Waals surface area contributed by atoms with Crippen LogP contribution in [0.5, 0.6) is 0 Å². The number of benzene rings is 2. The first kappa shape index (κ1) is 22.3. The predicted molar refractivity (Wildman–Crippen MR) is 120 cm³/mol. The van der Waals surface area contributed by atoms with E-state index >= 15 is 0 Å². The van der Waals surface area contributed by atoms with Crippen LogP contribution in [0.2, 0.25) is 0 Å². The van der Waals surface area contributed by atoms with Crippen LogP contribution in [0, 0.1) is 11.8 Å². The average molecular weight is 430 g/mol. The second kappa shape index (κ2) is 10.1. The summed E-state index contributed by atoms with van der Waals surface area (Å²) in [7, 11) is -3.64. The molecule has 0 unspecified atom stereocenters. The van der Waals surface area contributed by atoms with Gasteiger partial charge in [0.2, 0.25) is 0 Å². The first-order valence-corrected chi connectivity index (χ1v) is 12.0. The zero-order valence-corrected chi connectivity index (χ0v) is 18.5. The molecule has 1 aliphatic rings. The molecule has 1 fully saturated rings. The fourth-order valence-corrected chi connectivity index (χ4v) is 5.16. The van der Waals surface area contributed by atoms with Crippen molar-refractivity contribution in [2.24, 2.45) is 11.8 Å². The van der Waals surface area contributed by atoms with Crippen LogP contribution in [0.4, 0.5) is 5.69 Å². The first-order valence-electron chi connectivity index (χ1n) is 10.5. The van der Waals surface area contributed by atoms with E-state index in [0.717, 1.165) is 37.9 Å². The monoisotopic (exact) mass is 429 g/mol. The van der Waals surface area contributed by atoms with Gasteiger partial charge in [0.25, 0.3) is 15.9 Å². The van der Waals surface area contributed by atoms with Gasteiger partial charge in [0, 0.05) is 30.9 Å². The molecule has 2 aromatic carbocycles. The van der Waals surface area contributed by atoms with E-state index in [2.05, 4.69) is 28.8 Å². The summed E-state index contributed by atoms with van der Waals surface area (Å²) in [5.41, 5.74) is 0.932. The number of nitrogens with one attached hydrogen (secondary N) is 2. The van der Waals surface area contributed by atoms with Gasteiger partial charge in [-0.25, -0.2) is 8.42 Å². The number of nitrogens with zero attached hydrogens (tertiary/aromatic N) is 1. The summed E-state index contributed by atoms with van der Waals surface area (Å²) >= 11 is 0. The highest BCUT2D eigenvalue weighted by Gasteiger charge is 2.21. The second-order valence-electron chi connectivity index (χ2n) is 8.31. The van der Waals surface area contributed by atoms with E-state index in [1.54, 1.807) is 42.5 Å². The van der Waals surface area contributed by atoms with Crippen LogP contribution in [0.25, 0.3) is 0 Å². The number of sulfonamides is 1. The lowest BCUT2D eigenvalue weighted by molar-refractivity contribution is 0.0947. The number of anilines is 1. The Morgan fingerprint density at radius 1 is 1.00 bits per heavy atom. The quantitative estimate of drug-likeness (QED) is 0.629. The zero-order valence-electron chi connectivity index (χ0n) is 17.7. The maximum absolute atomic E-state index is 12.4. The van der Waals surface area contributed by atoms with Gasteiger partial charge in [0.15, 0.2) is 0 Å². The van der Waals surface area contributed by atoms with Crippen molar-refractivity contribution >= 4 is 21.6 Å². The summed E-state index contributed by atoms with van der Waals surface area (Å²) in [6.07, 6.45) is 2.21. The fourth-order valence-electron chi connectivity index (χ4n) is 4.08. The van der Waals surface area contributed by atoms with Gasteiger partial charge in [-0.3, -0.25) is 9.52 Å². The Hall–Kier alpha value is -2.38. The Balaban J connectivity index is 1.46. The largest absolute Gasteiger partial charge is 0.352 e. The molecule has 0 bridgehead atoms. The van der Waals surface area contributed by atoms with Crippen LogP contribution in [-0.2, 0) is 10.0 Å². The maximum Gasteiger partial charge on any atom is 0.261 e. The van der Waals surface area contributed by atoms with E-state index in [1.807, 2.05) is 0 Å². The number of hydrogen-bond donors (Lipinski definition) is 2. The molecule has 1 amide bonds. The van der Waals surface area contributed by atoms with Crippen LogP contribution in [0.1, 0.15) is 37.0 Å².